The van der Waals surface area contributed by atoms with Gasteiger partial charge in [0, 0.05) is 67.8 Å². The maximum absolute atomic E-state index is 14.8. The number of fused-ring (bicyclic) bond motifs is 8. The minimum absolute atomic E-state index is 0.0970. The Hall–Kier alpha value is -5.98. The lowest BCUT2D eigenvalue weighted by atomic mass is 9.64. The normalized spacial score (nSPS) is 14.6. The van der Waals surface area contributed by atoms with Crippen molar-refractivity contribution in [1.82, 2.24) is 14.1 Å². The van der Waals surface area contributed by atoms with E-state index in [-0.39, 0.29) is 9.92 Å². The summed E-state index contributed by atoms with van der Waals surface area (Å²) in [5.74, 6) is 0. The minimum atomic E-state index is -3.99. The number of hydrogen-bond donors (Lipinski definition) is 0. The van der Waals surface area contributed by atoms with Crippen molar-refractivity contribution in [2.45, 2.75) is 42.3 Å². The Morgan fingerprint density at radius 2 is 1.04 bits per heavy atom. The van der Waals surface area contributed by atoms with Crippen LogP contribution in [-0.4, -0.2) is 22.5 Å². The van der Waals surface area contributed by atoms with Crippen LogP contribution in [0.15, 0.2) is 162 Å². The largest absolute Gasteiger partial charge is 0.341 e. The van der Waals surface area contributed by atoms with Crippen LogP contribution in [0.2, 0.25) is 0 Å². The van der Waals surface area contributed by atoms with Gasteiger partial charge in [-0.15, -0.1) is 0 Å². The van der Waals surface area contributed by atoms with E-state index in [4.69, 9.17) is 4.98 Å². The van der Waals surface area contributed by atoms with Gasteiger partial charge in [0.1, 0.15) is 0 Å². The van der Waals surface area contributed by atoms with Gasteiger partial charge in [-0.2, -0.15) is 0 Å². The summed E-state index contributed by atoms with van der Waals surface area (Å²) in [6, 6.07) is 51.9. The SMILES string of the molecule is CCn1c2ccccc2c2cc(C3(c4ccc5c(c4)c4ccccc4n5CC)c4ccccc4S(=O)(=O)c4nc(-c5ccccc5)ccc43)ccc21. The molecule has 0 saturated carbocycles. The second-order valence-corrected chi connectivity index (χ2v) is 15.5. The predicted octanol–water partition coefficient (Wildman–Crippen LogP) is 10.5. The molecule has 1 aliphatic rings. The Morgan fingerprint density at radius 1 is 0.519 bits per heavy atom. The van der Waals surface area contributed by atoms with Crippen LogP contribution < -0.4 is 0 Å². The van der Waals surface area contributed by atoms with E-state index in [1.54, 1.807) is 6.07 Å². The van der Waals surface area contributed by atoms with Crippen molar-refractivity contribution in [3.05, 3.63) is 174 Å². The third-order valence-electron chi connectivity index (χ3n) is 11.2. The van der Waals surface area contributed by atoms with Gasteiger partial charge in [0.15, 0.2) is 5.03 Å². The van der Waals surface area contributed by atoms with Crippen LogP contribution in [0, 0.1) is 0 Å². The highest BCUT2D eigenvalue weighted by molar-refractivity contribution is 7.91. The lowest BCUT2D eigenvalue weighted by Gasteiger charge is -2.41. The Bertz CT molecular complexity index is 2890. The van der Waals surface area contributed by atoms with Crippen molar-refractivity contribution in [2.24, 2.45) is 0 Å². The monoisotopic (exact) mass is 693 g/mol. The van der Waals surface area contributed by atoms with E-state index in [0.717, 1.165) is 57.1 Å². The molecule has 0 N–H and O–H groups in total. The molecule has 3 aromatic heterocycles. The summed E-state index contributed by atoms with van der Waals surface area (Å²) >= 11 is 0. The summed E-state index contributed by atoms with van der Waals surface area (Å²) in [5.41, 5.74) is 8.53. The van der Waals surface area contributed by atoms with Crippen molar-refractivity contribution in [3.63, 3.8) is 0 Å². The maximum Gasteiger partial charge on any atom is 0.224 e. The molecule has 9 aromatic rings. The number of pyridine rings is 1. The Morgan fingerprint density at radius 3 is 1.63 bits per heavy atom. The van der Waals surface area contributed by atoms with Crippen molar-refractivity contribution >= 4 is 53.4 Å². The van der Waals surface area contributed by atoms with E-state index in [2.05, 4.69) is 108 Å². The van der Waals surface area contributed by atoms with Crippen molar-refractivity contribution in [3.8, 4) is 11.3 Å². The smallest absolute Gasteiger partial charge is 0.224 e. The van der Waals surface area contributed by atoms with Crippen molar-refractivity contribution < 1.29 is 8.42 Å². The molecule has 1 aliphatic heterocycles. The molecule has 0 fully saturated rings. The Kier molecular flexibility index (Phi) is 6.67. The quantitative estimate of drug-likeness (QED) is 0.180. The molecule has 0 spiro atoms. The van der Waals surface area contributed by atoms with Crippen LogP contribution in [-0.2, 0) is 28.3 Å². The molecule has 10 rings (SSSR count). The summed E-state index contributed by atoms with van der Waals surface area (Å²) in [6.07, 6.45) is 0. The van der Waals surface area contributed by atoms with Gasteiger partial charge in [0.25, 0.3) is 0 Å². The topological polar surface area (TPSA) is 56.9 Å². The number of hydrogen-bond acceptors (Lipinski definition) is 3. The number of nitrogens with zero attached hydrogens (tertiary/aromatic N) is 3. The molecular formula is C46H35N3O2S. The molecule has 52 heavy (non-hydrogen) atoms. The molecular weight excluding hydrogens is 659 g/mol. The second-order valence-electron chi connectivity index (χ2n) is 13.7. The first-order chi connectivity index (χ1) is 25.5. The van der Waals surface area contributed by atoms with E-state index in [1.807, 2.05) is 60.7 Å². The molecule has 0 unspecified atom stereocenters. The number of sulfone groups is 1. The fourth-order valence-electron chi connectivity index (χ4n) is 9.00. The zero-order valence-corrected chi connectivity index (χ0v) is 29.7. The van der Waals surface area contributed by atoms with Gasteiger partial charge in [0.05, 0.1) is 16.0 Å². The summed E-state index contributed by atoms with van der Waals surface area (Å²) in [4.78, 5) is 5.33. The fourth-order valence-corrected chi connectivity index (χ4v) is 10.7. The first-order valence-corrected chi connectivity index (χ1v) is 19.4. The summed E-state index contributed by atoms with van der Waals surface area (Å²) in [7, 11) is -3.99. The van der Waals surface area contributed by atoms with E-state index >= 15 is 0 Å². The number of para-hydroxylation sites is 2. The molecule has 0 amide bonds. The molecule has 0 atom stereocenters. The zero-order chi connectivity index (χ0) is 35.2. The maximum atomic E-state index is 14.8. The Labute approximate surface area is 302 Å². The lowest BCUT2D eigenvalue weighted by molar-refractivity contribution is 0.572. The number of benzene rings is 6. The van der Waals surface area contributed by atoms with Gasteiger partial charge >= 0.3 is 0 Å². The standard InChI is InChI=1S/C46H35N3O2S/c1-3-48-40-19-11-8-16-33(40)35-28-31(22-26-42(35)48)46(32-23-27-43-36(29-32)34-17-9-12-20-41(34)49(43)4-2)37-18-10-13-21-44(37)52(50,51)45-38(46)24-25-39(47-45)30-14-6-5-7-15-30/h5-29H,3-4H2,1-2H3. The van der Waals surface area contributed by atoms with Crippen LogP contribution in [0.4, 0.5) is 0 Å². The van der Waals surface area contributed by atoms with Gasteiger partial charge < -0.3 is 9.13 Å². The number of rotatable bonds is 5. The first kappa shape index (κ1) is 30.8. The van der Waals surface area contributed by atoms with E-state index < -0.39 is 15.3 Å². The van der Waals surface area contributed by atoms with Gasteiger partial charge in [-0.3, -0.25) is 0 Å². The molecule has 252 valence electrons. The second kappa shape index (κ2) is 11.3. The molecule has 0 bridgehead atoms. The minimum Gasteiger partial charge on any atom is -0.341 e. The van der Waals surface area contributed by atoms with Crippen molar-refractivity contribution in [2.75, 3.05) is 0 Å². The van der Waals surface area contributed by atoms with Gasteiger partial charge in [-0.05, 0) is 79.1 Å². The average molecular weight is 694 g/mol. The molecule has 6 aromatic carbocycles. The summed E-state index contributed by atoms with van der Waals surface area (Å²) in [5, 5.41) is 4.72. The summed E-state index contributed by atoms with van der Waals surface area (Å²) in [6.45, 7) is 6.03. The molecule has 5 nitrogen and oxygen atoms in total. The van der Waals surface area contributed by atoms with Crippen LogP contribution in [0.3, 0.4) is 0 Å². The predicted molar refractivity (Wildman–Crippen MR) is 211 cm³/mol. The van der Waals surface area contributed by atoms with E-state index in [9.17, 15) is 8.42 Å². The highest BCUT2D eigenvalue weighted by Crippen LogP contribution is 2.54. The van der Waals surface area contributed by atoms with Crippen LogP contribution >= 0.6 is 0 Å². The van der Waals surface area contributed by atoms with Gasteiger partial charge in [-0.25, -0.2) is 13.4 Å². The van der Waals surface area contributed by atoms with E-state index in [1.165, 1.54) is 21.8 Å². The zero-order valence-electron chi connectivity index (χ0n) is 28.9. The lowest BCUT2D eigenvalue weighted by Crippen LogP contribution is -2.38. The summed E-state index contributed by atoms with van der Waals surface area (Å²) < 4.78 is 34.3. The highest BCUT2D eigenvalue weighted by atomic mass is 32.2. The molecule has 0 saturated heterocycles. The number of aromatic nitrogens is 3. The van der Waals surface area contributed by atoms with Crippen LogP contribution in [0.25, 0.3) is 54.9 Å². The molecule has 6 heteroatoms. The average Bonchev–Trinajstić information content (AvgIpc) is 3.70. The molecule has 0 radical (unpaired) electrons. The first-order valence-electron chi connectivity index (χ1n) is 17.9. The van der Waals surface area contributed by atoms with Gasteiger partial charge in [0.2, 0.25) is 9.84 Å². The Balaban J connectivity index is 1.39. The fraction of sp³-hybridized carbons (Fsp3) is 0.109. The molecule has 4 heterocycles. The third kappa shape index (κ3) is 4.04. The highest BCUT2D eigenvalue weighted by Gasteiger charge is 2.50. The van der Waals surface area contributed by atoms with Gasteiger partial charge in [-0.1, -0.05) is 103 Å². The molecule has 0 aliphatic carbocycles. The van der Waals surface area contributed by atoms with Crippen LogP contribution in [0.5, 0.6) is 0 Å². The van der Waals surface area contributed by atoms with Crippen molar-refractivity contribution in [1.29, 1.82) is 0 Å². The number of aryl methyl sites for hydroxylation is 2. The van der Waals surface area contributed by atoms with Crippen LogP contribution in [0.1, 0.15) is 36.1 Å². The third-order valence-corrected chi connectivity index (χ3v) is 13.0. The van der Waals surface area contributed by atoms with E-state index in [0.29, 0.717) is 11.3 Å².